The number of ether oxygens (including phenoxy) is 2. The quantitative estimate of drug-likeness (QED) is 0.839. The molecule has 1 N–H and O–H groups in total. The first-order valence-corrected chi connectivity index (χ1v) is 10.3. The number of benzene rings is 2. The van der Waals surface area contributed by atoms with Crippen LogP contribution in [0.4, 0.5) is 0 Å². The number of rotatable bonds is 4. The number of nitrogens with one attached hydrogen (secondary N) is 1. The van der Waals surface area contributed by atoms with E-state index in [0.29, 0.717) is 36.6 Å². The molecule has 1 saturated heterocycles. The minimum absolute atomic E-state index is 0.0292. The highest BCUT2D eigenvalue weighted by atomic mass is 16.7. The third kappa shape index (κ3) is 3.62. The predicted molar refractivity (Wildman–Crippen MR) is 114 cm³/mol. The number of likely N-dealkylation sites (tertiary alicyclic amines) is 1. The molecule has 30 heavy (non-hydrogen) atoms. The zero-order chi connectivity index (χ0) is 21.5. The van der Waals surface area contributed by atoms with Crippen molar-refractivity contribution in [3.05, 3.63) is 59.2 Å². The third-order valence-corrected chi connectivity index (χ3v) is 6.04. The molecule has 0 aromatic heterocycles. The summed E-state index contributed by atoms with van der Waals surface area (Å²) < 4.78 is 10.7. The van der Waals surface area contributed by atoms with Gasteiger partial charge in [-0.05, 0) is 54.2 Å². The molecular formula is C24H28N2O4. The van der Waals surface area contributed by atoms with E-state index in [1.165, 1.54) is 5.56 Å². The van der Waals surface area contributed by atoms with E-state index < -0.39 is 5.54 Å². The molecule has 2 aromatic rings. The summed E-state index contributed by atoms with van der Waals surface area (Å²) in [5, 5.41) is 2.97. The first-order chi connectivity index (χ1) is 14.2. The van der Waals surface area contributed by atoms with E-state index in [1.807, 2.05) is 49.4 Å². The number of nitrogens with zero attached hydrogens (tertiary/aromatic N) is 1. The fourth-order valence-electron chi connectivity index (χ4n) is 3.81. The van der Waals surface area contributed by atoms with Gasteiger partial charge in [0.1, 0.15) is 5.54 Å². The Bertz CT molecular complexity index is 978. The predicted octanol–water partition coefficient (Wildman–Crippen LogP) is 3.63. The molecule has 2 amide bonds. The minimum Gasteiger partial charge on any atom is -0.454 e. The maximum absolute atomic E-state index is 13.0. The third-order valence-electron chi connectivity index (χ3n) is 6.04. The summed E-state index contributed by atoms with van der Waals surface area (Å²) in [6.07, 6.45) is 0.645. The topological polar surface area (TPSA) is 67.9 Å². The van der Waals surface area contributed by atoms with Crippen LogP contribution in [0.3, 0.4) is 0 Å². The van der Waals surface area contributed by atoms with Crippen LogP contribution >= 0.6 is 0 Å². The molecule has 0 aliphatic carbocycles. The van der Waals surface area contributed by atoms with Gasteiger partial charge in [-0.15, -0.1) is 0 Å². The Morgan fingerprint density at radius 1 is 1.07 bits per heavy atom. The largest absolute Gasteiger partial charge is 0.454 e. The first-order valence-electron chi connectivity index (χ1n) is 10.3. The maximum atomic E-state index is 13.0. The average molecular weight is 408 g/mol. The summed E-state index contributed by atoms with van der Waals surface area (Å²) in [5.41, 5.74) is 1.90. The van der Waals surface area contributed by atoms with E-state index in [1.54, 1.807) is 4.90 Å². The van der Waals surface area contributed by atoms with Gasteiger partial charge in [0.2, 0.25) is 12.7 Å². The van der Waals surface area contributed by atoms with Crippen LogP contribution in [-0.4, -0.2) is 35.6 Å². The van der Waals surface area contributed by atoms with Gasteiger partial charge in [-0.1, -0.05) is 39.0 Å². The summed E-state index contributed by atoms with van der Waals surface area (Å²) in [7, 11) is 0. The number of hydrogen-bond donors (Lipinski definition) is 1. The van der Waals surface area contributed by atoms with Crippen molar-refractivity contribution in [2.75, 3.05) is 13.3 Å². The second-order valence-electron chi connectivity index (χ2n) is 9.18. The van der Waals surface area contributed by atoms with Gasteiger partial charge in [0.05, 0.1) is 0 Å². The highest BCUT2D eigenvalue weighted by Crippen LogP contribution is 2.34. The summed E-state index contributed by atoms with van der Waals surface area (Å²) in [5.74, 6) is 1.14. The van der Waals surface area contributed by atoms with Gasteiger partial charge in [-0.2, -0.15) is 0 Å². The second kappa shape index (κ2) is 7.35. The molecule has 2 aliphatic heterocycles. The lowest BCUT2D eigenvalue weighted by Crippen LogP contribution is -2.67. The molecule has 158 valence electrons. The molecule has 0 spiro atoms. The lowest BCUT2D eigenvalue weighted by Gasteiger charge is -2.49. The van der Waals surface area contributed by atoms with E-state index in [2.05, 4.69) is 26.1 Å². The Morgan fingerprint density at radius 2 is 1.77 bits per heavy atom. The number of fused-ring (bicyclic) bond motifs is 1. The van der Waals surface area contributed by atoms with Gasteiger partial charge in [0.15, 0.2) is 11.5 Å². The van der Waals surface area contributed by atoms with Gasteiger partial charge in [-0.3, -0.25) is 9.59 Å². The Morgan fingerprint density at radius 3 is 2.40 bits per heavy atom. The summed E-state index contributed by atoms with van der Waals surface area (Å²) in [6.45, 7) is 9.41. The molecule has 4 rings (SSSR count). The Kier molecular flexibility index (Phi) is 4.96. The van der Waals surface area contributed by atoms with Crippen LogP contribution in [0.5, 0.6) is 11.5 Å². The number of hydrogen-bond acceptors (Lipinski definition) is 4. The van der Waals surface area contributed by atoms with E-state index >= 15 is 0 Å². The lowest BCUT2D eigenvalue weighted by molar-refractivity contribution is -0.137. The van der Waals surface area contributed by atoms with Crippen molar-refractivity contribution in [3.63, 3.8) is 0 Å². The zero-order valence-electron chi connectivity index (χ0n) is 18.0. The average Bonchev–Trinajstić information content (AvgIpc) is 3.17. The minimum atomic E-state index is -0.837. The van der Waals surface area contributed by atoms with Crippen LogP contribution in [0.1, 0.15) is 55.6 Å². The van der Waals surface area contributed by atoms with Crippen LogP contribution in [0.25, 0.3) is 0 Å². The van der Waals surface area contributed by atoms with Crippen molar-refractivity contribution < 1.29 is 19.1 Å². The number of carbonyl (C=O) groups is 2. The van der Waals surface area contributed by atoms with Gasteiger partial charge < -0.3 is 19.7 Å². The molecule has 6 heteroatoms. The van der Waals surface area contributed by atoms with Crippen molar-refractivity contribution >= 4 is 11.8 Å². The van der Waals surface area contributed by atoms with Crippen LogP contribution in [0, 0.1) is 0 Å². The molecule has 0 bridgehead atoms. The fourth-order valence-corrected chi connectivity index (χ4v) is 3.81. The van der Waals surface area contributed by atoms with E-state index in [9.17, 15) is 9.59 Å². The van der Waals surface area contributed by atoms with Crippen molar-refractivity contribution in [1.82, 2.24) is 10.2 Å². The van der Waals surface area contributed by atoms with Crippen molar-refractivity contribution in [3.8, 4) is 11.5 Å². The van der Waals surface area contributed by atoms with E-state index in [4.69, 9.17) is 9.47 Å². The molecular weight excluding hydrogens is 380 g/mol. The summed E-state index contributed by atoms with van der Waals surface area (Å²) in [4.78, 5) is 27.6. The molecule has 0 radical (unpaired) electrons. The molecule has 2 aliphatic rings. The lowest BCUT2D eigenvalue weighted by atomic mass is 9.84. The highest BCUT2D eigenvalue weighted by Gasteiger charge is 2.49. The monoisotopic (exact) mass is 408 g/mol. The van der Waals surface area contributed by atoms with Crippen molar-refractivity contribution in [2.45, 2.75) is 51.6 Å². The molecule has 1 fully saturated rings. The Labute approximate surface area is 177 Å². The zero-order valence-corrected chi connectivity index (χ0v) is 18.0. The molecule has 6 nitrogen and oxygen atoms in total. The maximum Gasteiger partial charge on any atom is 0.254 e. The smallest absolute Gasteiger partial charge is 0.254 e. The van der Waals surface area contributed by atoms with Gasteiger partial charge >= 0.3 is 0 Å². The van der Waals surface area contributed by atoms with E-state index in [0.717, 1.165) is 5.56 Å². The second-order valence-corrected chi connectivity index (χ2v) is 9.18. The normalized spacial score (nSPS) is 19.9. The SMILES string of the molecule is CC(C)(C)c1ccc(C(=O)N2CCC2(C)C(=O)NCc2ccc3c(c2)OCO3)cc1. The van der Waals surface area contributed by atoms with Crippen LogP contribution < -0.4 is 14.8 Å². The molecule has 2 aromatic carbocycles. The first kappa shape index (κ1) is 20.3. The van der Waals surface area contributed by atoms with E-state index in [-0.39, 0.29) is 24.0 Å². The summed E-state index contributed by atoms with van der Waals surface area (Å²) >= 11 is 0. The van der Waals surface area contributed by atoms with Gasteiger partial charge in [-0.25, -0.2) is 0 Å². The van der Waals surface area contributed by atoms with Crippen molar-refractivity contribution in [2.24, 2.45) is 0 Å². The highest BCUT2D eigenvalue weighted by molar-refractivity contribution is 6.00. The number of carbonyl (C=O) groups excluding carboxylic acids is 2. The van der Waals surface area contributed by atoms with Crippen LogP contribution in [0.2, 0.25) is 0 Å². The Balaban J connectivity index is 1.41. The summed E-state index contributed by atoms with van der Waals surface area (Å²) in [6, 6.07) is 13.3. The Hall–Kier alpha value is -3.02. The molecule has 2 heterocycles. The fraction of sp³-hybridized carbons (Fsp3) is 0.417. The number of amides is 2. The molecule has 0 saturated carbocycles. The van der Waals surface area contributed by atoms with Gasteiger partial charge in [0, 0.05) is 18.7 Å². The van der Waals surface area contributed by atoms with Crippen molar-refractivity contribution in [1.29, 1.82) is 0 Å². The molecule has 1 unspecified atom stereocenters. The van der Waals surface area contributed by atoms with Crippen LogP contribution in [-0.2, 0) is 16.8 Å². The van der Waals surface area contributed by atoms with Crippen LogP contribution in [0.15, 0.2) is 42.5 Å². The van der Waals surface area contributed by atoms with Gasteiger partial charge in [0.25, 0.3) is 5.91 Å². The molecule has 1 atom stereocenters. The standard InChI is InChI=1S/C24H28N2O4/c1-23(2,3)18-8-6-17(7-9-18)21(27)26-12-11-24(26,4)22(28)25-14-16-5-10-19-20(13-16)30-15-29-19/h5-10,13H,11-12,14-15H2,1-4H3,(H,25,28).